The van der Waals surface area contributed by atoms with E-state index >= 15 is 0 Å². The number of hydrogen-bond donors (Lipinski definition) is 1. The first-order valence-corrected chi connectivity index (χ1v) is 5.39. The van der Waals surface area contributed by atoms with Crippen LogP contribution in [0.15, 0.2) is 18.2 Å². The second kappa shape index (κ2) is 4.53. The van der Waals surface area contributed by atoms with Crippen molar-refractivity contribution in [1.82, 2.24) is 5.32 Å². The number of likely N-dealkylation sites (N-methyl/N-ethyl adjacent to an activating group) is 2. The number of nitrogens with zero attached hydrogens (tertiary/aromatic N) is 1. The van der Waals surface area contributed by atoms with E-state index in [0.29, 0.717) is 0 Å². The molecule has 16 heavy (non-hydrogen) atoms. The summed E-state index contributed by atoms with van der Waals surface area (Å²) in [5, 5.41) is 3.10. The van der Waals surface area contributed by atoms with Gasteiger partial charge in [-0.05, 0) is 37.7 Å². The lowest BCUT2D eigenvalue weighted by Gasteiger charge is -2.26. The third-order valence-corrected chi connectivity index (χ3v) is 2.77. The molecule has 2 rings (SSSR count). The summed E-state index contributed by atoms with van der Waals surface area (Å²) in [5.74, 6) is 0.786. The van der Waals surface area contributed by atoms with Crippen LogP contribution in [0.1, 0.15) is 5.56 Å². The highest BCUT2D eigenvalue weighted by Gasteiger charge is 2.21. The van der Waals surface area contributed by atoms with Crippen molar-refractivity contribution in [2.45, 2.75) is 6.42 Å². The van der Waals surface area contributed by atoms with Crippen molar-refractivity contribution in [1.29, 1.82) is 0 Å². The maximum atomic E-state index is 11.5. The molecule has 0 aromatic heterocycles. The van der Waals surface area contributed by atoms with E-state index in [4.69, 9.17) is 4.74 Å². The average molecular weight is 220 g/mol. The molecule has 0 aliphatic carbocycles. The van der Waals surface area contributed by atoms with Gasteiger partial charge in [0.15, 0.2) is 6.61 Å². The molecule has 86 valence electrons. The fraction of sp³-hybridized carbons (Fsp3) is 0.417. The largest absolute Gasteiger partial charge is 0.482 e. The van der Waals surface area contributed by atoms with Gasteiger partial charge in [-0.25, -0.2) is 0 Å². The Balaban J connectivity index is 2.25. The summed E-state index contributed by atoms with van der Waals surface area (Å²) in [6.07, 6.45) is 0.950. The fourth-order valence-electron chi connectivity index (χ4n) is 1.74. The van der Waals surface area contributed by atoms with Gasteiger partial charge in [-0.15, -0.1) is 0 Å². The maximum Gasteiger partial charge on any atom is 0.264 e. The number of fused-ring (bicyclic) bond motifs is 1. The second-order valence-corrected chi connectivity index (χ2v) is 3.90. The average Bonchev–Trinajstić information content (AvgIpc) is 2.31. The highest BCUT2D eigenvalue weighted by Crippen LogP contribution is 2.31. The lowest BCUT2D eigenvalue weighted by atomic mass is 10.1. The normalized spacial score (nSPS) is 14.6. The van der Waals surface area contributed by atoms with Gasteiger partial charge in [0.1, 0.15) is 5.75 Å². The molecule has 1 amide bonds. The van der Waals surface area contributed by atoms with Crippen LogP contribution in [0, 0.1) is 0 Å². The van der Waals surface area contributed by atoms with Crippen molar-refractivity contribution in [3.05, 3.63) is 23.8 Å². The highest BCUT2D eigenvalue weighted by molar-refractivity contribution is 5.97. The smallest absolute Gasteiger partial charge is 0.264 e. The van der Waals surface area contributed by atoms with Crippen molar-refractivity contribution in [3.63, 3.8) is 0 Å². The Morgan fingerprint density at radius 3 is 3.06 bits per heavy atom. The molecule has 0 radical (unpaired) electrons. The number of ether oxygens (including phenoxy) is 1. The van der Waals surface area contributed by atoms with Gasteiger partial charge in [0.25, 0.3) is 5.91 Å². The van der Waals surface area contributed by atoms with E-state index in [1.807, 2.05) is 25.2 Å². The number of hydrogen-bond acceptors (Lipinski definition) is 3. The Morgan fingerprint density at radius 2 is 2.31 bits per heavy atom. The van der Waals surface area contributed by atoms with Gasteiger partial charge in [-0.2, -0.15) is 0 Å². The molecule has 1 aromatic rings. The molecule has 1 N–H and O–H groups in total. The molecule has 0 saturated carbocycles. The second-order valence-electron chi connectivity index (χ2n) is 3.90. The third kappa shape index (κ3) is 2.02. The minimum atomic E-state index is -0.00161. The molecule has 1 aliphatic heterocycles. The SMILES string of the molecule is CNCCc1ccc2c(c1)N(C)C(=O)CO2. The molecule has 0 spiro atoms. The van der Waals surface area contributed by atoms with Gasteiger partial charge < -0.3 is 15.0 Å². The summed E-state index contributed by atoms with van der Waals surface area (Å²) in [6.45, 7) is 1.07. The molecule has 4 heteroatoms. The van der Waals surface area contributed by atoms with Crippen molar-refractivity contribution >= 4 is 11.6 Å². The molecule has 0 fully saturated rings. The van der Waals surface area contributed by atoms with Crippen molar-refractivity contribution in [3.8, 4) is 5.75 Å². The Hall–Kier alpha value is -1.55. The summed E-state index contributed by atoms with van der Waals surface area (Å²) in [6, 6.07) is 5.99. The Morgan fingerprint density at radius 1 is 1.50 bits per heavy atom. The molecule has 0 unspecified atom stereocenters. The quantitative estimate of drug-likeness (QED) is 0.819. The minimum absolute atomic E-state index is 0.00161. The Labute approximate surface area is 95.2 Å². The molecule has 1 aromatic carbocycles. The summed E-state index contributed by atoms with van der Waals surface area (Å²) < 4.78 is 5.36. The topological polar surface area (TPSA) is 41.6 Å². The number of benzene rings is 1. The van der Waals surface area contributed by atoms with E-state index in [0.717, 1.165) is 24.4 Å². The molecular weight excluding hydrogens is 204 g/mol. The van der Waals surface area contributed by atoms with Gasteiger partial charge in [0, 0.05) is 7.05 Å². The zero-order chi connectivity index (χ0) is 11.5. The van der Waals surface area contributed by atoms with Crippen LogP contribution >= 0.6 is 0 Å². The van der Waals surface area contributed by atoms with Crippen LogP contribution in [0.4, 0.5) is 5.69 Å². The third-order valence-electron chi connectivity index (χ3n) is 2.77. The predicted molar refractivity (Wildman–Crippen MR) is 63.0 cm³/mol. The van der Waals surface area contributed by atoms with Gasteiger partial charge in [-0.3, -0.25) is 4.79 Å². The summed E-state index contributed by atoms with van der Waals surface area (Å²) in [4.78, 5) is 13.1. The van der Waals surface area contributed by atoms with E-state index in [9.17, 15) is 4.79 Å². The molecule has 1 aliphatic rings. The van der Waals surface area contributed by atoms with Crippen LogP contribution in [0.5, 0.6) is 5.75 Å². The molecular formula is C12H16N2O2. The first-order chi connectivity index (χ1) is 7.72. The van der Waals surface area contributed by atoms with E-state index in [1.165, 1.54) is 5.56 Å². The summed E-state index contributed by atoms with van der Waals surface area (Å²) >= 11 is 0. The lowest BCUT2D eigenvalue weighted by molar-refractivity contribution is -0.120. The number of nitrogens with one attached hydrogen (secondary N) is 1. The number of carbonyl (C=O) groups is 1. The van der Waals surface area contributed by atoms with E-state index in [2.05, 4.69) is 5.32 Å². The number of anilines is 1. The van der Waals surface area contributed by atoms with Crippen molar-refractivity contribution in [2.24, 2.45) is 0 Å². The molecule has 0 saturated heterocycles. The van der Waals surface area contributed by atoms with E-state index < -0.39 is 0 Å². The van der Waals surface area contributed by atoms with Crippen molar-refractivity contribution in [2.75, 3.05) is 32.1 Å². The van der Waals surface area contributed by atoms with Crippen LogP contribution in [-0.4, -0.2) is 33.2 Å². The highest BCUT2D eigenvalue weighted by atomic mass is 16.5. The summed E-state index contributed by atoms with van der Waals surface area (Å²) in [5.41, 5.74) is 2.07. The maximum absolute atomic E-state index is 11.5. The van der Waals surface area contributed by atoms with Gasteiger partial charge in [0.2, 0.25) is 0 Å². The molecule has 4 nitrogen and oxygen atoms in total. The van der Waals surface area contributed by atoms with E-state index in [1.54, 1.807) is 11.9 Å². The number of carbonyl (C=O) groups excluding carboxylic acids is 1. The van der Waals surface area contributed by atoms with Gasteiger partial charge in [0.05, 0.1) is 5.69 Å². The fourth-order valence-corrected chi connectivity index (χ4v) is 1.74. The summed E-state index contributed by atoms with van der Waals surface area (Å²) in [7, 11) is 3.71. The standard InChI is InChI=1S/C12H16N2O2/c1-13-6-5-9-3-4-11-10(7-9)14(2)12(15)8-16-11/h3-4,7,13H,5-6,8H2,1-2H3. The number of amides is 1. The van der Waals surface area contributed by atoms with Gasteiger partial charge >= 0.3 is 0 Å². The van der Waals surface area contributed by atoms with Crippen LogP contribution < -0.4 is 15.0 Å². The van der Waals surface area contributed by atoms with Crippen molar-refractivity contribution < 1.29 is 9.53 Å². The molecule has 1 heterocycles. The Kier molecular flexibility index (Phi) is 3.10. The van der Waals surface area contributed by atoms with Crippen LogP contribution in [-0.2, 0) is 11.2 Å². The first kappa shape index (κ1) is 11.0. The van der Waals surface area contributed by atoms with Crippen LogP contribution in [0.2, 0.25) is 0 Å². The van der Waals surface area contributed by atoms with Crippen LogP contribution in [0.3, 0.4) is 0 Å². The predicted octanol–water partition coefficient (Wildman–Crippen LogP) is 0.804. The zero-order valence-electron chi connectivity index (χ0n) is 9.62. The lowest BCUT2D eigenvalue weighted by Crippen LogP contribution is -2.35. The van der Waals surface area contributed by atoms with Crippen LogP contribution in [0.25, 0.3) is 0 Å². The molecule has 0 bridgehead atoms. The van der Waals surface area contributed by atoms with Gasteiger partial charge in [-0.1, -0.05) is 6.07 Å². The Bertz CT molecular complexity index is 404. The molecule has 0 atom stereocenters. The minimum Gasteiger partial charge on any atom is -0.482 e. The monoisotopic (exact) mass is 220 g/mol. The zero-order valence-corrected chi connectivity index (χ0v) is 9.62. The number of rotatable bonds is 3. The first-order valence-electron chi connectivity index (χ1n) is 5.39. The van der Waals surface area contributed by atoms with E-state index in [-0.39, 0.29) is 12.5 Å².